The molecule has 9 heteroatoms. The topological polar surface area (TPSA) is 66.0 Å². The Balaban J connectivity index is 0.000000304. The molecular weight excluding hydrogens is 261 g/mol. The number of hydrogen-bond acceptors (Lipinski definition) is 3. The van der Waals surface area contributed by atoms with E-state index in [0.717, 1.165) is 0 Å². The molecule has 1 rings (SSSR count). The lowest BCUT2D eigenvalue weighted by atomic mass is 10.6. The van der Waals surface area contributed by atoms with Crippen molar-refractivity contribution in [2.45, 2.75) is 12.1 Å². The summed E-state index contributed by atoms with van der Waals surface area (Å²) in [6, 6.07) is 0. The van der Waals surface area contributed by atoms with Crippen molar-refractivity contribution in [2.75, 3.05) is 0 Å². The molecule has 0 atom stereocenters. The number of rotatable bonds is 1. The van der Waals surface area contributed by atoms with E-state index in [1.54, 1.807) is 0 Å². The van der Waals surface area contributed by atoms with Crippen molar-refractivity contribution in [3.8, 4) is 12.3 Å². The number of halogens is 3. The van der Waals surface area contributed by atoms with Gasteiger partial charge in [0.1, 0.15) is 12.4 Å². The Bertz CT molecular complexity index is 499. The first kappa shape index (κ1) is 15.5. The largest absolute Gasteiger partial charge is 0.741 e. The second-order valence-electron chi connectivity index (χ2n) is 2.86. The number of aryl methyl sites for hydroxylation is 1. The van der Waals surface area contributed by atoms with Gasteiger partial charge in [0, 0.05) is 0 Å². The lowest BCUT2D eigenvalue weighted by Gasteiger charge is -2.08. The quantitative estimate of drug-likeness (QED) is 0.312. The molecule has 0 aliphatic heterocycles. The Morgan fingerprint density at radius 1 is 1.53 bits per heavy atom. The smallest absolute Gasteiger partial charge is 0.485 e. The molecule has 0 aromatic carbocycles. The zero-order valence-electron chi connectivity index (χ0n) is 8.68. The van der Waals surface area contributed by atoms with Gasteiger partial charge in [-0.3, -0.25) is 0 Å². The maximum atomic E-state index is 10.7. The molecule has 5 nitrogen and oxygen atoms in total. The van der Waals surface area contributed by atoms with Crippen LogP contribution in [0.5, 0.6) is 0 Å². The third-order valence-electron chi connectivity index (χ3n) is 1.38. The number of hydrogen-bond donors (Lipinski definition) is 0. The molecule has 1 heterocycles. The second kappa shape index (κ2) is 5.70. The summed E-state index contributed by atoms with van der Waals surface area (Å²) in [5.41, 5.74) is -5.65. The summed E-state index contributed by atoms with van der Waals surface area (Å²) in [7, 11) is -4.12. The highest BCUT2D eigenvalue weighted by Crippen LogP contribution is 2.20. The van der Waals surface area contributed by atoms with Crippen LogP contribution in [0, 0.1) is 12.3 Å². The van der Waals surface area contributed by atoms with Gasteiger partial charge in [-0.2, -0.15) is 13.2 Å². The minimum Gasteiger partial charge on any atom is -0.741 e. The van der Waals surface area contributed by atoms with Crippen LogP contribution in [0.4, 0.5) is 13.2 Å². The molecule has 0 radical (unpaired) electrons. The van der Waals surface area contributed by atoms with Crippen LogP contribution >= 0.6 is 0 Å². The van der Waals surface area contributed by atoms with Gasteiger partial charge in [-0.15, -0.1) is 6.42 Å². The Morgan fingerprint density at radius 2 is 2.00 bits per heavy atom. The van der Waals surface area contributed by atoms with Gasteiger partial charge < -0.3 is 4.55 Å². The third-order valence-corrected chi connectivity index (χ3v) is 1.95. The first-order valence-electron chi connectivity index (χ1n) is 4.04. The monoisotopic (exact) mass is 270 g/mol. The van der Waals surface area contributed by atoms with Crippen LogP contribution < -0.4 is 4.57 Å². The molecule has 0 bridgehead atoms. The van der Waals surface area contributed by atoms with Gasteiger partial charge in [0.25, 0.3) is 0 Å². The van der Waals surface area contributed by atoms with Crippen molar-refractivity contribution in [3.63, 3.8) is 0 Å². The maximum Gasteiger partial charge on any atom is 0.485 e. The molecule has 0 aliphatic rings. The molecule has 0 fully saturated rings. The van der Waals surface area contributed by atoms with Crippen molar-refractivity contribution in [1.29, 1.82) is 0 Å². The molecule has 0 saturated heterocycles. The number of nitrogens with zero attached hydrogens (tertiary/aromatic N) is 2. The SMILES string of the molecule is C#CC[n+]1ccn(C)c1.O=S(=O)([O-])C(F)(F)F. The van der Waals surface area contributed by atoms with E-state index in [4.69, 9.17) is 19.4 Å². The number of aromatic nitrogens is 2. The highest BCUT2D eigenvalue weighted by molar-refractivity contribution is 7.86. The highest BCUT2D eigenvalue weighted by Gasteiger charge is 2.36. The summed E-state index contributed by atoms with van der Waals surface area (Å²) in [4.78, 5) is 0. The van der Waals surface area contributed by atoms with Gasteiger partial charge in [0.2, 0.25) is 6.33 Å². The maximum absolute atomic E-state index is 10.7. The zero-order valence-corrected chi connectivity index (χ0v) is 9.49. The van der Waals surface area contributed by atoms with Crippen LogP contribution in [0.1, 0.15) is 0 Å². The van der Waals surface area contributed by atoms with Crippen LogP contribution in [0.2, 0.25) is 0 Å². The molecule has 0 unspecified atom stereocenters. The average Bonchev–Trinajstić information content (AvgIpc) is 2.49. The Labute approximate surface area is 96.2 Å². The Morgan fingerprint density at radius 3 is 2.24 bits per heavy atom. The first-order chi connectivity index (χ1) is 7.58. The molecule has 0 saturated carbocycles. The van der Waals surface area contributed by atoms with Crippen LogP contribution in [0.15, 0.2) is 18.7 Å². The van der Waals surface area contributed by atoms with Crippen LogP contribution in [-0.4, -0.2) is 23.0 Å². The highest BCUT2D eigenvalue weighted by atomic mass is 32.2. The summed E-state index contributed by atoms with van der Waals surface area (Å²) < 4.78 is 62.8. The standard InChI is InChI=1S/C7H9N2.CHF3O3S/c1-3-4-9-6-5-8(2)7-9;2-1(3,4)8(5,6)7/h1,5-7H,4H2,2H3;(H,5,6,7)/q+1;/p-1. The fourth-order valence-corrected chi connectivity index (χ4v) is 0.701. The molecule has 17 heavy (non-hydrogen) atoms. The van der Waals surface area contributed by atoms with Gasteiger partial charge in [-0.1, -0.05) is 5.92 Å². The normalized spacial score (nSPS) is 11.3. The van der Waals surface area contributed by atoms with Crippen molar-refractivity contribution in [2.24, 2.45) is 7.05 Å². The molecule has 1 aromatic heterocycles. The minimum atomic E-state index is -6.09. The third kappa shape index (κ3) is 5.94. The van der Waals surface area contributed by atoms with E-state index in [9.17, 15) is 13.2 Å². The zero-order chi connectivity index (χ0) is 13.7. The van der Waals surface area contributed by atoms with Gasteiger partial charge >= 0.3 is 5.51 Å². The van der Waals surface area contributed by atoms with Crippen molar-refractivity contribution < 1.29 is 30.7 Å². The molecule has 0 aliphatic carbocycles. The van der Waals surface area contributed by atoms with Gasteiger partial charge in [-0.05, 0) is 0 Å². The molecule has 0 amide bonds. The average molecular weight is 270 g/mol. The van der Waals surface area contributed by atoms with Crippen molar-refractivity contribution in [3.05, 3.63) is 18.7 Å². The van der Waals surface area contributed by atoms with E-state index in [-0.39, 0.29) is 0 Å². The fourth-order valence-electron chi connectivity index (χ4n) is 0.701. The van der Waals surface area contributed by atoms with Gasteiger partial charge in [0.15, 0.2) is 16.7 Å². The lowest BCUT2D eigenvalue weighted by Crippen LogP contribution is -2.29. The molecule has 0 spiro atoms. The predicted molar refractivity (Wildman–Crippen MR) is 50.2 cm³/mol. The Kier molecular flexibility index (Phi) is 5.18. The minimum absolute atomic E-state index is 0.654. The Hall–Kier alpha value is -1.53. The second-order valence-corrected chi connectivity index (χ2v) is 4.23. The lowest BCUT2D eigenvalue weighted by molar-refractivity contribution is -0.684. The number of imidazole rings is 1. The van der Waals surface area contributed by atoms with E-state index in [1.165, 1.54) is 0 Å². The summed E-state index contributed by atoms with van der Waals surface area (Å²) >= 11 is 0. The summed E-state index contributed by atoms with van der Waals surface area (Å²) in [6.45, 7) is 0.654. The van der Waals surface area contributed by atoms with Crippen molar-refractivity contribution >= 4 is 10.1 Å². The van der Waals surface area contributed by atoms with Gasteiger partial charge in [-0.25, -0.2) is 17.6 Å². The number of alkyl halides is 3. The van der Waals surface area contributed by atoms with E-state index in [2.05, 4.69) is 5.92 Å². The molecule has 96 valence electrons. The van der Waals surface area contributed by atoms with Crippen LogP contribution in [0.25, 0.3) is 0 Å². The van der Waals surface area contributed by atoms with E-state index >= 15 is 0 Å². The predicted octanol–water partition coefficient (Wildman–Crippen LogP) is -0.00280. The van der Waals surface area contributed by atoms with E-state index in [0.29, 0.717) is 6.54 Å². The molecule has 1 aromatic rings. The van der Waals surface area contributed by atoms with Gasteiger partial charge in [0.05, 0.1) is 7.05 Å². The summed E-state index contributed by atoms with van der Waals surface area (Å²) in [5.74, 6) is 2.55. The van der Waals surface area contributed by atoms with Crippen LogP contribution in [0.3, 0.4) is 0 Å². The number of terminal acetylenes is 1. The van der Waals surface area contributed by atoms with Crippen LogP contribution in [-0.2, 0) is 23.7 Å². The summed E-state index contributed by atoms with van der Waals surface area (Å²) in [6.07, 6.45) is 10.9. The van der Waals surface area contributed by atoms with E-state index in [1.807, 2.05) is 34.9 Å². The molecule has 0 N–H and O–H groups in total. The summed E-state index contributed by atoms with van der Waals surface area (Å²) in [5, 5.41) is 0. The van der Waals surface area contributed by atoms with E-state index < -0.39 is 15.6 Å². The van der Waals surface area contributed by atoms with Crippen molar-refractivity contribution in [1.82, 2.24) is 4.57 Å². The molecular formula is C8H9F3N2O3S. The fraction of sp³-hybridized carbons (Fsp3) is 0.375. The first-order valence-corrected chi connectivity index (χ1v) is 5.45.